The molecule has 17 heavy (non-hydrogen) atoms. The summed E-state index contributed by atoms with van der Waals surface area (Å²) in [5, 5.41) is 0. The Kier molecular flexibility index (Phi) is 6.42. The number of nitrogens with zero attached hydrogens (tertiary/aromatic N) is 1. The second-order valence-electron chi connectivity index (χ2n) is 3.69. The van der Waals surface area contributed by atoms with Gasteiger partial charge in [-0.3, -0.25) is 4.99 Å². The van der Waals surface area contributed by atoms with Gasteiger partial charge in [0.1, 0.15) is 0 Å². The normalized spacial score (nSPS) is 21.1. The number of hydrogen-bond donors (Lipinski definition) is 0. The van der Waals surface area contributed by atoms with Gasteiger partial charge in [0.05, 0.1) is 11.8 Å². The van der Waals surface area contributed by atoms with E-state index in [1.54, 1.807) is 0 Å². The number of aliphatic imine (C=N–C) groups is 1. The summed E-state index contributed by atoms with van der Waals surface area (Å²) in [6.07, 6.45) is 24.2. The van der Waals surface area contributed by atoms with E-state index in [0.717, 1.165) is 5.71 Å². The summed E-state index contributed by atoms with van der Waals surface area (Å²) in [6.45, 7) is 4.08. The minimum Gasteiger partial charge on any atom is -0.278 e. The van der Waals surface area contributed by atoms with Crippen LogP contribution in [0.25, 0.3) is 0 Å². The molecule has 1 atom stereocenters. The predicted octanol–water partition coefficient (Wildman–Crippen LogP) is 4.19. The lowest BCUT2D eigenvalue weighted by Crippen LogP contribution is -1.95. The fraction of sp³-hybridized carbons (Fsp3) is 0.188. The molecule has 1 aliphatic heterocycles. The van der Waals surface area contributed by atoms with Crippen molar-refractivity contribution in [1.82, 2.24) is 0 Å². The Balaban J connectivity index is 2.48. The first-order valence-electron chi connectivity index (χ1n) is 5.88. The molecule has 0 radical (unpaired) electrons. The summed E-state index contributed by atoms with van der Waals surface area (Å²) in [7, 11) is 0. The van der Waals surface area contributed by atoms with Crippen LogP contribution >= 0.6 is 0 Å². The average Bonchev–Trinajstić information content (AvgIpc) is 2.52. The molecule has 1 heterocycles. The van der Waals surface area contributed by atoms with Crippen molar-refractivity contribution in [2.75, 3.05) is 0 Å². The molecule has 0 N–H and O–H groups in total. The van der Waals surface area contributed by atoms with Gasteiger partial charge in [0.25, 0.3) is 0 Å². The van der Waals surface area contributed by atoms with Crippen LogP contribution < -0.4 is 0 Å². The number of hydrogen-bond acceptors (Lipinski definition) is 1. The Hall–Kier alpha value is -1.89. The molecule has 1 nitrogen and oxygen atoms in total. The highest BCUT2D eigenvalue weighted by atomic mass is 14.8. The summed E-state index contributed by atoms with van der Waals surface area (Å²) in [5.41, 5.74) is 1.00. The first-order valence-corrected chi connectivity index (χ1v) is 5.88. The molecule has 88 valence electrons. The van der Waals surface area contributed by atoms with Crippen LogP contribution in [0.1, 0.15) is 13.8 Å². The largest absolute Gasteiger partial charge is 0.278 e. The molecule has 0 aromatic heterocycles. The zero-order chi connectivity index (χ0) is 12.3. The average molecular weight is 225 g/mol. The van der Waals surface area contributed by atoms with Crippen molar-refractivity contribution < 1.29 is 0 Å². The fourth-order valence-electron chi connectivity index (χ4n) is 1.32. The van der Waals surface area contributed by atoms with E-state index in [-0.39, 0.29) is 6.04 Å². The Morgan fingerprint density at radius 1 is 1.00 bits per heavy atom. The van der Waals surface area contributed by atoms with Crippen molar-refractivity contribution in [3.8, 4) is 0 Å². The second kappa shape index (κ2) is 8.28. The monoisotopic (exact) mass is 225 g/mol. The topological polar surface area (TPSA) is 12.4 Å². The highest BCUT2D eigenvalue weighted by Gasteiger charge is 1.95. The van der Waals surface area contributed by atoms with Gasteiger partial charge in [0.15, 0.2) is 0 Å². The minimum absolute atomic E-state index is 0.253. The highest BCUT2D eigenvalue weighted by Crippen LogP contribution is 2.01. The molecule has 0 spiro atoms. The molecule has 0 saturated carbocycles. The molecule has 1 aliphatic rings. The van der Waals surface area contributed by atoms with Crippen molar-refractivity contribution in [2.45, 2.75) is 19.9 Å². The maximum atomic E-state index is 4.52. The lowest BCUT2D eigenvalue weighted by Gasteiger charge is -1.97. The van der Waals surface area contributed by atoms with E-state index in [1.807, 2.05) is 73.8 Å². The molecular weight excluding hydrogens is 206 g/mol. The Bertz CT molecular complexity index is 415. The molecule has 0 aromatic carbocycles. The van der Waals surface area contributed by atoms with Gasteiger partial charge in [-0.05, 0) is 26.0 Å². The second-order valence-corrected chi connectivity index (χ2v) is 3.69. The van der Waals surface area contributed by atoms with Gasteiger partial charge in [-0.2, -0.15) is 0 Å². The maximum Gasteiger partial charge on any atom is 0.0661 e. The van der Waals surface area contributed by atoms with Gasteiger partial charge >= 0.3 is 0 Å². The summed E-state index contributed by atoms with van der Waals surface area (Å²) >= 11 is 0. The molecule has 1 heteroatoms. The van der Waals surface area contributed by atoms with Gasteiger partial charge in [0, 0.05) is 0 Å². The van der Waals surface area contributed by atoms with Crippen LogP contribution in [0.2, 0.25) is 0 Å². The van der Waals surface area contributed by atoms with Crippen LogP contribution in [-0.2, 0) is 0 Å². The Labute approximate surface area is 104 Å². The Morgan fingerprint density at radius 3 is 2.47 bits per heavy atom. The van der Waals surface area contributed by atoms with E-state index in [4.69, 9.17) is 0 Å². The van der Waals surface area contributed by atoms with E-state index in [9.17, 15) is 0 Å². The highest BCUT2D eigenvalue weighted by molar-refractivity contribution is 6.04. The zero-order valence-electron chi connectivity index (χ0n) is 10.5. The van der Waals surface area contributed by atoms with E-state index < -0.39 is 0 Å². The lowest BCUT2D eigenvalue weighted by molar-refractivity contribution is 0.931. The Morgan fingerprint density at radius 2 is 1.71 bits per heavy atom. The molecule has 0 bridgehead atoms. The summed E-state index contributed by atoms with van der Waals surface area (Å²) in [6, 6.07) is 0.253. The third-order valence-electron chi connectivity index (χ3n) is 2.14. The molecule has 0 unspecified atom stereocenters. The zero-order valence-corrected chi connectivity index (χ0v) is 10.5. The van der Waals surface area contributed by atoms with Crippen molar-refractivity contribution in [2.24, 2.45) is 4.99 Å². The van der Waals surface area contributed by atoms with E-state index >= 15 is 0 Å². The quantitative estimate of drug-likeness (QED) is 0.636. The van der Waals surface area contributed by atoms with E-state index in [1.165, 1.54) is 0 Å². The van der Waals surface area contributed by atoms with Gasteiger partial charge in [-0.1, -0.05) is 60.8 Å². The van der Waals surface area contributed by atoms with Crippen LogP contribution in [0, 0.1) is 0 Å². The predicted molar refractivity (Wildman–Crippen MR) is 77.4 cm³/mol. The van der Waals surface area contributed by atoms with Crippen molar-refractivity contribution in [3.05, 3.63) is 72.9 Å². The molecule has 0 aromatic rings. The van der Waals surface area contributed by atoms with Crippen LogP contribution in [0.4, 0.5) is 0 Å². The summed E-state index contributed by atoms with van der Waals surface area (Å²) in [4.78, 5) is 4.52. The third kappa shape index (κ3) is 6.31. The third-order valence-corrected chi connectivity index (χ3v) is 2.14. The van der Waals surface area contributed by atoms with Gasteiger partial charge < -0.3 is 0 Å². The number of allylic oxidation sites excluding steroid dienone is 11. The standard InChI is InChI=1S/C16H19N/c1-3-4-5-6-7-8-9-13-16-14-11-10-12-15(2)17-16/h3-15H,1-2H3/b4-3+,6-5+,8-7+,13-9+/t15-/m0/s1. The fourth-order valence-corrected chi connectivity index (χ4v) is 1.32. The number of rotatable bonds is 4. The van der Waals surface area contributed by atoms with Crippen molar-refractivity contribution in [1.29, 1.82) is 0 Å². The van der Waals surface area contributed by atoms with Crippen LogP contribution in [-0.4, -0.2) is 11.8 Å². The van der Waals surface area contributed by atoms with Crippen LogP contribution in [0.3, 0.4) is 0 Å². The van der Waals surface area contributed by atoms with E-state index in [0.29, 0.717) is 0 Å². The minimum atomic E-state index is 0.253. The smallest absolute Gasteiger partial charge is 0.0661 e. The van der Waals surface area contributed by atoms with Crippen LogP contribution in [0.15, 0.2) is 77.9 Å². The van der Waals surface area contributed by atoms with Crippen molar-refractivity contribution in [3.63, 3.8) is 0 Å². The maximum absolute atomic E-state index is 4.52. The van der Waals surface area contributed by atoms with Gasteiger partial charge in [-0.25, -0.2) is 0 Å². The van der Waals surface area contributed by atoms with Gasteiger partial charge in [-0.15, -0.1) is 0 Å². The molecule has 0 amide bonds. The molecule has 1 rings (SSSR count). The summed E-state index contributed by atoms with van der Waals surface area (Å²) in [5.74, 6) is 0. The van der Waals surface area contributed by atoms with E-state index in [2.05, 4.69) is 18.0 Å². The first-order chi connectivity index (χ1) is 8.33. The molecule has 0 saturated heterocycles. The molecule has 0 aliphatic carbocycles. The summed E-state index contributed by atoms with van der Waals surface area (Å²) < 4.78 is 0. The molecular formula is C16H19N. The first kappa shape index (κ1) is 13.2. The molecule has 0 fully saturated rings. The van der Waals surface area contributed by atoms with Crippen molar-refractivity contribution >= 4 is 5.71 Å². The van der Waals surface area contributed by atoms with Crippen LogP contribution in [0.5, 0.6) is 0 Å². The SMILES string of the molecule is C/C=C/C=C/C=C/C=C/C1=N[C@@H](C)C=CC=C1. The lowest BCUT2D eigenvalue weighted by atomic mass is 10.3. The van der Waals surface area contributed by atoms with Gasteiger partial charge in [0.2, 0.25) is 0 Å².